The molecule has 1 aliphatic heterocycles. The zero-order chi connectivity index (χ0) is 19.1. The molecule has 4 nitrogen and oxygen atoms in total. The standard InChI is InChI=1S/C22H27NO3/c1-21(2,3)16-8-6-7-14(11-16)15-9-10-17-18(12-15)26-13-22(4,5)19(17)23-20(24)25/h6-12,19,23H,13H2,1-5H3,(H,24,25). The minimum atomic E-state index is -1.02. The summed E-state index contributed by atoms with van der Waals surface area (Å²) in [5.74, 6) is 0.752. The molecule has 0 spiro atoms. The Labute approximate surface area is 155 Å². The number of rotatable bonds is 2. The number of ether oxygens (including phenoxy) is 1. The van der Waals surface area contributed by atoms with Crippen LogP contribution in [0.3, 0.4) is 0 Å². The fourth-order valence-corrected chi connectivity index (χ4v) is 3.41. The van der Waals surface area contributed by atoms with Crippen molar-refractivity contribution in [3.05, 3.63) is 53.6 Å². The summed E-state index contributed by atoms with van der Waals surface area (Å²) in [5.41, 5.74) is 4.15. The molecule has 2 aromatic rings. The van der Waals surface area contributed by atoms with Gasteiger partial charge in [0.1, 0.15) is 5.75 Å². The van der Waals surface area contributed by atoms with Gasteiger partial charge in [0.2, 0.25) is 0 Å². The van der Waals surface area contributed by atoms with Crippen LogP contribution in [0.15, 0.2) is 42.5 Å². The Balaban J connectivity index is 2.01. The Kier molecular flexibility index (Phi) is 4.47. The summed E-state index contributed by atoms with van der Waals surface area (Å²) in [6.45, 7) is 11.1. The summed E-state index contributed by atoms with van der Waals surface area (Å²) >= 11 is 0. The van der Waals surface area contributed by atoms with Crippen molar-refractivity contribution >= 4 is 6.09 Å². The van der Waals surface area contributed by atoms with Crippen molar-refractivity contribution < 1.29 is 14.6 Å². The summed E-state index contributed by atoms with van der Waals surface area (Å²) in [6, 6.07) is 14.3. The maximum atomic E-state index is 11.2. The molecular formula is C22H27NO3. The largest absolute Gasteiger partial charge is 0.493 e. The van der Waals surface area contributed by atoms with E-state index in [1.165, 1.54) is 5.56 Å². The van der Waals surface area contributed by atoms with Crippen molar-refractivity contribution in [2.75, 3.05) is 6.61 Å². The molecule has 0 aromatic heterocycles. The molecule has 1 unspecified atom stereocenters. The number of hydrogen-bond donors (Lipinski definition) is 2. The molecule has 4 heteroatoms. The van der Waals surface area contributed by atoms with Crippen molar-refractivity contribution in [3.8, 4) is 16.9 Å². The van der Waals surface area contributed by atoms with Crippen LogP contribution in [-0.2, 0) is 5.41 Å². The van der Waals surface area contributed by atoms with Gasteiger partial charge in [0.15, 0.2) is 0 Å². The van der Waals surface area contributed by atoms with Gasteiger partial charge in [-0.2, -0.15) is 0 Å². The van der Waals surface area contributed by atoms with E-state index in [1.54, 1.807) is 0 Å². The van der Waals surface area contributed by atoms with E-state index in [1.807, 2.05) is 32.0 Å². The third kappa shape index (κ3) is 3.55. The van der Waals surface area contributed by atoms with E-state index in [0.29, 0.717) is 6.61 Å². The van der Waals surface area contributed by atoms with Crippen molar-refractivity contribution in [1.29, 1.82) is 0 Å². The van der Waals surface area contributed by atoms with Crippen molar-refractivity contribution in [2.45, 2.75) is 46.1 Å². The maximum absolute atomic E-state index is 11.2. The zero-order valence-electron chi connectivity index (χ0n) is 16.1. The van der Waals surface area contributed by atoms with Gasteiger partial charge >= 0.3 is 6.09 Å². The second-order valence-electron chi connectivity index (χ2n) is 8.74. The molecule has 0 saturated carbocycles. The normalized spacial score (nSPS) is 18.6. The molecule has 1 heterocycles. The first-order valence-corrected chi connectivity index (χ1v) is 8.95. The fraction of sp³-hybridized carbons (Fsp3) is 0.409. The fourth-order valence-electron chi connectivity index (χ4n) is 3.41. The summed E-state index contributed by atoms with van der Waals surface area (Å²) in [5, 5.41) is 11.9. The Hall–Kier alpha value is -2.49. The molecule has 1 atom stereocenters. The van der Waals surface area contributed by atoms with Crippen LogP contribution >= 0.6 is 0 Å². The molecule has 26 heavy (non-hydrogen) atoms. The third-order valence-corrected chi connectivity index (χ3v) is 5.04. The van der Waals surface area contributed by atoms with Crippen LogP contribution in [0.4, 0.5) is 4.79 Å². The monoisotopic (exact) mass is 353 g/mol. The van der Waals surface area contributed by atoms with E-state index in [9.17, 15) is 9.90 Å². The summed E-state index contributed by atoms with van der Waals surface area (Å²) < 4.78 is 5.98. The number of fused-ring (bicyclic) bond motifs is 1. The van der Waals surface area contributed by atoms with E-state index in [2.05, 4.69) is 50.4 Å². The van der Waals surface area contributed by atoms with Gasteiger partial charge in [-0.05, 0) is 28.2 Å². The predicted octanol–water partition coefficient (Wildman–Crippen LogP) is 5.38. The summed E-state index contributed by atoms with van der Waals surface area (Å²) in [7, 11) is 0. The van der Waals surface area contributed by atoms with Crippen molar-refractivity contribution in [1.82, 2.24) is 5.32 Å². The number of amides is 1. The third-order valence-electron chi connectivity index (χ3n) is 5.04. The van der Waals surface area contributed by atoms with Gasteiger partial charge < -0.3 is 15.2 Å². The molecule has 0 radical (unpaired) electrons. The highest BCUT2D eigenvalue weighted by molar-refractivity contribution is 5.69. The lowest BCUT2D eigenvalue weighted by atomic mass is 9.78. The molecule has 138 valence electrons. The van der Waals surface area contributed by atoms with Crippen LogP contribution < -0.4 is 10.1 Å². The molecule has 1 aliphatic rings. The van der Waals surface area contributed by atoms with E-state index in [4.69, 9.17) is 4.74 Å². The molecule has 0 saturated heterocycles. The van der Waals surface area contributed by atoms with E-state index < -0.39 is 6.09 Å². The number of carboxylic acid groups (broad SMARTS) is 1. The molecule has 0 bridgehead atoms. The molecule has 1 amide bonds. The Bertz CT molecular complexity index is 834. The minimum Gasteiger partial charge on any atom is -0.493 e. The van der Waals surface area contributed by atoms with Gasteiger partial charge in [-0.3, -0.25) is 0 Å². The highest BCUT2D eigenvalue weighted by Crippen LogP contribution is 2.44. The van der Waals surface area contributed by atoms with Gasteiger partial charge in [0.05, 0.1) is 12.6 Å². The SMILES string of the molecule is CC(C)(C)c1cccc(-c2ccc3c(c2)OCC(C)(C)C3NC(=O)O)c1. The van der Waals surface area contributed by atoms with Gasteiger partial charge in [0.25, 0.3) is 0 Å². The zero-order valence-corrected chi connectivity index (χ0v) is 16.1. The van der Waals surface area contributed by atoms with Crippen LogP contribution in [0.2, 0.25) is 0 Å². The van der Waals surface area contributed by atoms with E-state index in [-0.39, 0.29) is 16.9 Å². The van der Waals surface area contributed by atoms with Gasteiger partial charge in [0, 0.05) is 11.0 Å². The highest BCUT2D eigenvalue weighted by Gasteiger charge is 2.38. The Morgan fingerprint density at radius 2 is 1.85 bits per heavy atom. The average Bonchev–Trinajstić information content (AvgIpc) is 2.56. The Morgan fingerprint density at radius 1 is 1.15 bits per heavy atom. The topological polar surface area (TPSA) is 58.6 Å². The van der Waals surface area contributed by atoms with E-state index in [0.717, 1.165) is 22.4 Å². The smallest absolute Gasteiger partial charge is 0.405 e. The Morgan fingerprint density at radius 3 is 2.50 bits per heavy atom. The van der Waals surface area contributed by atoms with Crippen LogP contribution in [0.1, 0.15) is 51.8 Å². The number of nitrogens with one attached hydrogen (secondary N) is 1. The van der Waals surface area contributed by atoms with Crippen LogP contribution in [0.25, 0.3) is 11.1 Å². The highest BCUT2D eigenvalue weighted by atomic mass is 16.5. The van der Waals surface area contributed by atoms with Crippen molar-refractivity contribution in [3.63, 3.8) is 0 Å². The number of hydrogen-bond acceptors (Lipinski definition) is 2. The molecule has 3 rings (SSSR count). The first kappa shape index (κ1) is 18.3. The first-order chi connectivity index (χ1) is 12.1. The van der Waals surface area contributed by atoms with Gasteiger partial charge in [-0.1, -0.05) is 71.0 Å². The average molecular weight is 353 g/mol. The van der Waals surface area contributed by atoms with Crippen molar-refractivity contribution in [2.24, 2.45) is 5.41 Å². The minimum absolute atomic E-state index is 0.0846. The second-order valence-corrected chi connectivity index (χ2v) is 8.74. The lowest BCUT2D eigenvalue weighted by Crippen LogP contribution is -2.43. The summed E-state index contributed by atoms with van der Waals surface area (Å²) in [6.07, 6.45) is -1.02. The molecule has 0 fully saturated rings. The lowest BCUT2D eigenvalue weighted by molar-refractivity contribution is 0.0996. The molecular weight excluding hydrogens is 326 g/mol. The predicted molar refractivity (Wildman–Crippen MR) is 104 cm³/mol. The summed E-state index contributed by atoms with van der Waals surface area (Å²) in [4.78, 5) is 11.2. The number of carbonyl (C=O) groups is 1. The van der Waals surface area contributed by atoms with Gasteiger partial charge in [-0.25, -0.2) is 4.79 Å². The first-order valence-electron chi connectivity index (χ1n) is 8.95. The molecule has 0 aliphatic carbocycles. The van der Waals surface area contributed by atoms with Crippen LogP contribution in [0, 0.1) is 5.41 Å². The number of benzene rings is 2. The van der Waals surface area contributed by atoms with Gasteiger partial charge in [-0.15, -0.1) is 0 Å². The van der Waals surface area contributed by atoms with E-state index >= 15 is 0 Å². The lowest BCUT2D eigenvalue weighted by Gasteiger charge is -2.39. The molecule has 2 aromatic carbocycles. The maximum Gasteiger partial charge on any atom is 0.405 e. The molecule has 2 N–H and O–H groups in total. The second kappa shape index (κ2) is 6.35. The quantitative estimate of drug-likeness (QED) is 0.762. The van der Waals surface area contributed by atoms with Crippen LogP contribution in [0.5, 0.6) is 5.75 Å². The van der Waals surface area contributed by atoms with Crippen LogP contribution in [-0.4, -0.2) is 17.8 Å².